The van der Waals surface area contributed by atoms with Crippen LogP contribution in [0.2, 0.25) is 0 Å². The number of benzene rings is 6. The highest BCUT2D eigenvalue weighted by Crippen LogP contribution is 2.35. The topological polar surface area (TPSA) is 30.5 Å². The number of aryl methyl sites for hydroxylation is 1. The van der Waals surface area contributed by atoms with Gasteiger partial charge in [-0.05, 0) is 130 Å². The second-order valence-electron chi connectivity index (χ2n) is 11.2. The molecule has 0 heterocycles. The highest BCUT2D eigenvalue weighted by molar-refractivity contribution is 5.78. The van der Waals surface area contributed by atoms with E-state index >= 15 is 0 Å². The van der Waals surface area contributed by atoms with Gasteiger partial charge < -0.3 is 20.4 Å². The van der Waals surface area contributed by atoms with E-state index in [4.69, 9.17) is 0 Å². The fraction of sp³-hybridized carbons (Fsp3) is 0.100. The Balaban J connectivity index is 1.15. The minimum Gasteiger partial charge on any atom is -0.356 e. The summed E-state index contributed by atoms with van der Waals surface area (Å²) < 4.78 is 0. The molecular formula is C40H38N4. The Kier molecular flexibility index (Phi) is 8.60. The predicted molar refractivity (Wildman–Crippen MR) is 189 cm³/mol. The number of nitrogens with one attached hydrogen (secondary N) is 2. The second kappa shape index (κ2) is 13.2. The first-order chi connectivity index (χ1) is 21.5. The number of hydrogen-bond acceptors (Lipinski definition) is 4. The van der Waals surface area contributed by atoms with Gasteiger partial charge in [-0.2, -0.15) is 0 Å². The molecule has 0 aliphatic heterocycles. The van der Waals surface area contributed by atoms with E-state index in [1.165, 1.54) is 5.56 Å². The monoisotopic (exact) mass is 574 g/mol. The van der Waals surface area contributed by atoms with E-state index in [9.17, 15) is 0 Å². The van der Waals surface area contributed by atoms with E-state index in [0.717, 1.165) is 51.2 Å². The molecule has 0 saturated carbocycles. The van der Waals surface area contributed by atoms with Crippen molar-refractivity contribution in [1.29, 1.82) is 0 Å². The van der Waals surface area contributed by atoms with Gasteiger partial charge in [0.2, 0.25) is 0 Å². The molecule has 0 spiro atoms. The molecule has 0 amide bonds. The Morgan fingerprint density at radius 2 is 0.705 bits per heavy atom. The summed E-state index contributed by atoms with van der Waals surface area (Å²) in [7, 11) is 0. The summed E-state index contributed by atoms with van der Waals surface area (Å²) >= 11 is 0. The third kappa shape index (κ3) is 6.77. The lowest BCUT2D eigenvalue weighted by atomic mass is 10.1. The molecule has 2 N–H and O–H groups in total. The Morgan fingerprint density at radius 3 is 1.07 bits per heavy atom. The summed E-state index contributed by atoms with van der Waals surface area (Å²) in [4.78, 5) is 4.63. The zero-order chi connectivity index (χ0) is 30.3. The van der Waals surface area contributed by atoms with Crippen molar-refractivity contribution in [3.63, 3.8) is 0 Å². The van der Waals surface area contributed by atoms with Gasteiger partial charge in [0.25, 0.3) is 0 Å². The zero-order valence-corrected chi connectivity index (χ0v) is 25.5. The lowest BCUT2D eigenvalue weighted by molar-refractivity contribution is 0.789. The van der Waals surface area contributed by atoms with E-state index in [2.05, 4.69) is 187 Å². The van der Waals surface area contributed by atoms with Crippen LogP contribution in [0.5, 0.6) is 0 Å². The molecule has 218 valence electrons. The molecule has 0 saturated heterocycles. The quantitative estimate of drug-likeness (QED) is 0.170. The summed E-state index contributed by atoms with van der Waals surface area (Å²) in [6.45, 7) is 6.55. The van der Waals surface area contributed by atoms with Crippen LogP contribution < -0.4 is 20.4 Å². The van der Waals surface area contributed by atoms with E-state index in [-0.39, 0.29) is 0 Å². The number of rotatable bonds is 10. The molecule has 6 aromatic carbocycles. The van der Waals surface area contributed by atoms with Gasteiger partial charge in [0.15, 0.2) is 0 Å². The average molecular weight is 575 g/mol. The van der Waals surface area contributed by atoms with E-state index in [1.807, 2.05) is 12.1 Å². The third-order valence-corrected chi connectivity index (χ3v) is 7.59. The van der Waals surface area contributed by atoms with Crippen molar-refractivity contribution in [2.24, 2.45) is 0 Å². The van der Waals surface area contributed by atoms with E-state index in [0.29, 0.717) is 6.04 Å². The molecule has 0 aromatic heterocycles. The Morgan fingerprint density at radius 1 is 0.386 bits per heavy atom. The van der Waals surface area contributed by atoms with Crippen LogP contribution in [0, 0.1) is 6.92 Å². The van der Waals surface area contributed by atoms with Crippen LogP contribution >= 0.6 is 0 Å². The van der Waals surface area contributed by atoms with Crippen LogP contribution in [0.1, 0.15) is 19.4 Å². The van der Waals surface area contributed by atoms with Crippen LogP contribution in [-0.2, 0) is 0 Å². The molecule has 0 unspecified atom stereocenters. The van der Waals surface area contributed by atoms with Gasteiger partial charge in [-0.3, -0.25) is 0 Å². The van der Waals surface area contributed by atoms with E-state index in [1.54, 1.807) is 0 Å². The van der Waals surface area contributed by atoms with Crippen molar-refractivity contribution in [1.82, 2.24) is 0 Å². The standard InChI is InChI=1S/C40H38N4/c1-30(2)43(38-24-18-33(19-25-38)41-32-16-14-31(3)15-17-32)39-26-20-34(21-27-39)42-35-22-28-40(29-23-35)44(36-10-6-4-7-11-36)37-12-8-5-9-13-37/h4-30,41-42H,1-3H3. The van der Waals surface area contributed by atoms with Gasteiger partial charge in [-0.15, -0.1) is 0 Å². The Bertz CT molecular complexity index is 1710. The van der Waals surface area contributed by atoms with Crippen LogP contribution in [0.15, 0.2) is 158 Å². The zero-order valence-electron chi connectivity index (χ0n) is 25.5. The van der Waals surface area contributed by atoms with E-state index < -0.39 is 0 Å². The van der Waals surface area contributed by atoms with Crippen molar-refractivity contribution in [3.8, 4) is 0 Å². The largest absolute Gasteiger partial charge is 0.356 e. The Hall–Kier alpha value is -5.48. The number of anilines is 9. The first-order valence-electron chi connectivity index (χ1n) is 15.1. The van der Waals surface area contributed by atoms with Gasteiger partial charge in [0.05, 0.1) is 0 Å². The molecule has 0 bridgehead atoms. The van der Waals surface area contributed by atoms with Crippen molar-refractivity contribution in [2.45, 2.75) is 26.8 Å². The van der Waals surface area contributed by atoms with Crippen molar-refractivity contribution in [2.75, 3.05) is 20.4 Å². The van der Waals surface area contributed by atoms with Crippen LogP contribution in [0.3, 0.4) is 0 Å². The lowest BCUT2D eigenvalue weighted by Crippen LogP contribution is -2.25. The predicted octanol–water partition coefficient (Wildman–Crippen LogP) is 11.5. The van der Waals surface area contributed by atoms with Crippen molar-refractivity contribution >= 4 is 51.2 Å². The molecule has 0 atom stereocenters. The van der Waals surface area contributed by atoms with Gasteiger partial charge >= 0.3 is 0 Å². The van der Waals surface area contributed by atoms with Gasteiger partial charge in [-0.25, -0.2) is 0 Å². The SMILES string of the molecule is Cc1ccc(Nc2ccc(N(c3ccc(Nc4ccc(N(c5ccccc5)c5ccccc5)cc4)cc3)C(C)C)cc2)cc1. The first kappa shape index (κ1) is 28.6. The van der Waals surface area contributed by atoms with Crippen molar-refractivity contribution in [3.05, 3.63) is 163 Å². The molecule has 0 aliphatic carbocycles. The maximum absolute atomic E-state index is 3.57. The summed E-state index contributed by atoms with van der Waals surface area (Å²) in [5, 5.41) is 7.07. The molecule has 6 rings (SSSR count). The summed E-state index contributed by atoms with van der Waals surface area (Å²) in [5.41, 5.74) is 11.2. The minimum absolute atomic E-state index is 0.300. The number of para-hydroxylation sites is 2. The molecule has 6 aromatic rings. The summed E-state index contributed by atoms with van der Waals surface area (Å²) in [6, 6.07) is 55.6. The fourth-order valence-corrected chi connectivity index (χ4v) is 5.42. The maximum atomic E-state index is 3.57. The molecule has 4 heteroatoms. The summed E-state index contributed by atoms with van der Waals surface area (Å²) in [6.07, 6.45) is 0. The van der Waals surface area contributed by atoms with Crippen LogP contribution in [0.25, 0.3) is 0 Å². The molecule has 4 nitrogen and oxygen atoms in total. The Labute approximate surface area is 261 Å². The molecule has 44 heavy (non-hydrogen) atoms. The maximum Gasteiger partial charge on any atom is 0.0463 e. The average Bonchev–Trinajstić information content (AvgIpc) is 3.06. The molecular weight excluding hydrogens is 536 g/mol. The molecule has 0 aliphatic rings. The number of nitrogens with zero attached hydrogens (tertiary/aromatic N) is 2. The fourth-order valence-electron chi connectivity index (χ4n) is 5.42. The smallest absolute Gasteiger partial charge is 0.0463 e. The molecule has 0 radical (unpaired) electrons. The molecule has 0 fully saturated rings. The minimum atomic E-state index is 0.300. The second-order valence-corrected chi connectivity index (χ2v) is 11.2. The number of hydrogen-bond donors (Lipinski definition) is 2. The van der Waals surface area contributed by atoms with Crippen LogP contribution in [0.4, 0.5) is 51.2 Å². The van der Waals surface area contributed by atoms with Crippen LogP contribution in [-0.4, -0.2) is 6.04 Å². The van der Waals surface area contributed by atoms with Gasteiger partial charge in [0, 0.05) is 57.2 Å². The van der Waals surface area contributed by atoms with Crippen molar-refractivity contribution < 1.29 is 0 Å². The first-order valence-corrected chi connectivity index (χ1v) is 15.1. The lowest BCUT2D eigenvalue weighted by Gasteiger charge is -2.29. The third-order valence-electron chi connectivity index (χ3n) is 7.59. The highest BCUT2D eigenvalue weighted by atomic mass is 15.2. The van der Waals surface area contributed by atoms with Gasteiger partial charge in [0.1, 0.15) is 0 Å². The highest BCUT2D eigenvalue weighted by Gasteiger charge is 2.14. The normalized spacial score (nSPS) is 10.8. The summed E-state index contributed by atoms with van der Waals surface area (Å²) in [5.74, 6) is 0. The van der Waals surface area contributed by atoms with Gasteiger partial charge in [-0.1, -0.05) is 54.1 Å².